The molecule has 2 aromatic rings. The highest BCUT2D eigenvalue weighted by Gasteiger charge is 2.19. The van der Waals surface area contributed by atoms with Crippen molar-refractivity contribution in [3.63, 3.8) is 0 Å². The van der Waals surface area contributed by atoms with Crippen LogP contribution in [0.5, 0.6) is 0 Å². The van der Waals surface area contributed by atoms with Crippen molar-refractivity contribution in [3.8, 4) is 11.1 Å². The highest BCUT2D eigenvalue weighted by molar-refractivity contribution is 6.33. The molecule has 0 aliphatic rings. The van der Waals surface area contributed by atoms with Crippen molar-refractivity contribution < 1.29 is 14.3 Å². The number of halogens is 2. The zero-order chi connectivity index (χ0) is 14.5. The number of benzene rings is 1. The number of hydrogen-bond acceptors (Lipinski definition) is 2. The summed E-state index contributed by atoms with van der Waals surface area (Å²) in [6.07, 6.45) is 1.70. The fraction of sp³-hybridized carbons (Fsp3) is 0.143. The van der Waals surface area contributed by atoms with Crippen molar-refractivity contribution in [2.45, 2.75) is 0 Å². The van der Waals surface area contributed by atoms with Crippen LogP contribution >= 0.6 is 11.6 Å². The molecule has 1 aromatic carbocycles. The van der Waals surface area contributed by atoms with E-state index in [1.165, 1.54) is 12.4 Å². The average molecular weight is 295 g/mol. The highest BCUT2D eigenvalue weighted by Crippen LogP contribution is 2.34. The standard InChI is InChI=1S/C14H12ClFN2O2/c15-12-4-2-1-3-10(12)11-5-7-17-9-13(11)18(8-6-16)14(19)20/h1-5,7,9H,6,8H2,(H,19,20). The molecule has 0 radical (unpaired) electrons. The Morgan fingerprint density at radius 1 is 1.30 bits per heavy atom. The summed E-state index contributed by atoms with van der Waals surface area (Å²) in [5.41, 5.74) is 1.59. The molecule has 0 aliphatic heterocycles. The summed E-state index contributed by atoms with van der Waals surface area (Å²) in [6.45, 7) is -1.03. The number of pyridine rings is 1. The second kappa shape index (κ2) is 6.34. The quantitative estimate of drug-likeness (QED) is 0.931. The minimum atomic E-state index is -1.23. The zero-order valence-electron chi connectivity index (χ0n) is 10.5. The summed E-state index contributed by atoms with van der Waals surface area (Å²) in [7, 11) is 0. The maximum absolute atomic E-state index is 12.6. The first-order valence-electron chi connectivity index (χ1n) is 5.90. The lowest BCUT2D eigenvalue weighted by atomic mass is 10.0. The van der Waals surface area contributed by atoms with Crippen LogP contribution in [-0.2, 0) is 0 Å². The zero-order valence-corrected chi connectivity index (χ0v) is 11.2. The van der Waals surface area contributed by atoms with Crippen molar-refractivity contribution >= 4 is 23.4 Å². The van der Waals surface area contributed by atoms with Gasteiger partial charge < -0.3 is 5.11 Å². The number of carboxylic acid groups (broad SMARTS) is 1. The Hall–Kier alpha value is -2.14. The molecule has 0 unspecified atom stereocenters. The van der Waals surface area contributed by atoms with E-state index in [9.17, 15) is 14.3 Å². The van der Waals surface area contributed by atoms with Crippen molar-refractivity contribution in [1.29, 1.82) is 0 Å². The third-order valence-electron chi connectivity index (χ3n) is 2.79. The predicted octanol–water partition coefficient (Wildman–Crippen LogP) is 3.86. The number of amides is 1. The number of rotatable bonds is 4. The first-order chi connectivity index (χ1) is 9.65. The van der Waals surface area contributed by atoms with Gasteiger partial charge in [-0.05, 0) is 12.1 Å². The molecule has 1 heterocycles. The largest absolute Gasteiger partial charge is 0.465 e. The van der Waals surface area contributed by atoms with Crippen LogP contribution in [0.25, 0.3) is 11.1 Å². The van der Waals surface area contributed by atoms with E-state index in [-0.39, 0.29) is 6.54 Å². The van der Waals surface area contributed by atoms with Crippen LogP contribution in [0.1, 0.15) is 0 Å². The van der Waals surface area contributed by atoms with Crippen LogP contribution in [0.3, 0.4) is 0 Å². The average Bonchev–Trinajstić information content (AvgIpc) is 2.45. The Morgan fingerprint density at radius 3 is 2.70 bits per heavy atom. The predicted molar refractivity (Wildman–Crippen MR) is 76.0 cm³/mol. The number of anilines is 1. The van der Waals surface area contributed by atoms with Gasteiger partial charge in [0.15, 0.2) is 0 Å². The van der Waals surface area contributed by atoms with Gasteiger partial charge in [-0.1, -0.05) is 29.8 Å². The maximum atomic E-state index is 12.6. The summed E-state index contributed by atoms with van der Waals surface area (Å²) in [5.74, 6) is 0. The fourth-order valence-electron chi connectivity index (χ4n) is 1.91. The highest BCUT2D eigenvalue weighted by atomic mass is 35.5. The van der Waals surface area contributed by atoms with E-state index in [1.54, 1.807) is 30.3 Å². The van der Waals surface area contributed by atoms with Gasteiger partial charge in [0.25, 0.3) is 0 Å². The van der Waals surface area contributed by atoms with Crippen LogP contribution in [-0.4, -0.2) is 29.4 Å². The van der Waals surface area contributed by atoms with E-state index in [0.29, 0.717) is 21.8 Å². The van der Waals surface area contributed by atoms with Crippen LogP contribution in [0.15, 0.2) is 42.7 Å². The molecule has 0 saturated heterocycles. The number of aromatic nitrogens is 1. The maximum Gasteiger partial charge on any atom is 0.411 e. The van der Waals surface area contributed by atoms with E-state index in [2.05, 4.69) is 4.98 Å². The Labute approximate surface area is 120 Å². The topological polar surface area (TPSA) is 53.4 Å². The second-order valence-electron chi connectivity index (χ2n) is 4.00. The molecule has 0 spiro atoms. The first-order valence-corrected chi connectivity index (χ1v) is 6.28. The molecule has 104 valence electrons. The minimum Gasteiger partial charge on any atom is -0.465 e. The Bertz CT molecular complexity index is 622. The van der Waals surface area contributed by atoms with E-state index < -0.39 is 12.8 Å². The van der Waals surface area contributed by atoms with Gasteiger partial charge in [-0.3, -0.25) is 9.88 Å². The number of carbonyl (C=O) groups is 1. The van der Waals surface area contributed by atoms with Gasteiger partial charge in [0.2, 0.25) is 0 Å². The Kier molecular flexibility index (Phi) is 4.53. The van der Waals surface area contributed by atoms with Gasteiger partial charge in [-0.25, -0.2) is 9.18 Å². The normalized spacial score (nSPS) is 10.3. The summed E-state index contributed by atoms with van der Waals surface area (Å²) < 4.78 is 12.6. The van der Waals surface area contributed by atoms with E-state index in [1.807, 2.05) is 0 Å². The van der Waals surface area contributed by atoms with Gasteiger partial charge in [-0.15, -0.1) is 0 Å². The van der Waals surface area contributed by atoms with Gasteiger partial charge in [-0.2, -0.15) is 0 Å². The van der Waals surface area contributed by atoms with E-state index in [4.69, 9.17) is 11.6 Å². The Balaban J connectivity index is 2.56. The Morgan fingerprint density at radius 2 is 2.05 bits per heavy atom. The lowest BCUT2D eigenvalue weighted by Gasteiger charge is -2.21. The van der Waals surface area contributed by atoms with Gasteiger partial charge in [0.1, 0.15) is 6.67 Å². The molecular weight excluding hydrogens is 283 g/mol. The third-order valence-corrected chi connectivity index (χ3v) is 3.12. The van der Waals surface area contributed by atoms with Gasteiger partial charge >= 0.3 is 6.09 Å². The number of alkyl halides is 1. The molecule has 0 fully saturated rings. The minimum absolute atomic E-state index is 0.252. The summed E-state index contributed by atoms with van der Waals surface area (Å²) in [5, 5.41) is 9.69. The van der Waals surface area contributed by atoms with Gasteiger partial charge in [0, 0.05) is 22.3 Å². The fourth-order valence-corrected chi connectivity index (χ4v) is 2.15. The summed E-state index contributed by atoms with van der Waals surface area (Å²) in [4.78, 5) is 16.1. The molecular formula is C14H12ClFN2O2. The molecule has 0 bridgehead atoms. The molecule has 0 atom stereocenters. The van der Waals surface area contributed by atoms with Crippen molar-refractivity contribution in [2.75, 3.05) is 18.1 Å². The molecule has 0 saturated carbocycles. The molecule has 1 N–H and O–H groups in total. The summed E-state index contributed by atoms with van der Waals surface area (Å²) >= 11 is 6.13. The molecule has 4 nitrogen and oxygen atoms in total. The van der Waals surface area contributed by atoms with Crippen LogP contribution < -0.4 is 4.90 Å². The SMILES string of the molecule is O=C(O)N(CCF)c1cnccc1-c1ccccc1Cl. The lowest BCUT2D eigenvalue weighted by Crippen LogP contribution is -2.31. The summed E-state index contributed by atoms with van der Waals surface area (Å²) in [6, 6.07) is 8.72. The molecule has 20 heavy (non-hydrogen) atoms. The van der Waals surface area contributed by atoms with Crippen LogP contribution in [0, 0.1) is 0 Å². The smallest absolute Gasteiger partial charge is 0.411 e. The monoisotopic (exact) mass is 294 g/mol. The lowest BCUT2D eigenvalue weighted by molar-refractivity contribution is 0.201. The number of nitrogens with zero attached hydrogens (tertiary/aromatic N) is 2. The van der Waals surface area contributed by atoms with E-state index >= 15 is 0 Å². The molecule has 1 amide bonds. The van der Waals surface area contributed by atoms with Crippen molar-refractivity contribution in [3.05, 3.63) is 47.7 Å². The van der Waals surface area contributed by atoms with Crippen LogP contribution in [0.4, 0.5) is 14.9 Å². The second-order valence-corrected chi connectivity index (χ2v) is 4.40. The molecule has 2 rings (SSSR count). The third kappa shape index (κ3) is 2.88. The van der Waals surface area contributed by atoms with Crippen molar-refractivity contribution in [2.24, 2.45) is 0 Å². The van der Waals surface area contributed by atoms with Crippen LogP contribution in [0.2, 0.25) is 5.02 Å². The number of hydrogen-bond donors (Lipinski definition) is 1. The van der Waals surface area contributed by atoms with E-state index in [0.717, 1.165) is 4.90 Å². The molecule has 6 heteroatoms. The first kappa shape index (κ1) is 14.3. The van der Waals surface area contributed by atoms with Crippen molar-refractivity contribution in [1.82, 2.24) is 4.98 Å². The van der Waals surface area contributed by atoms with Gasteiger partial charge in [0.05, 0.1) is 18.4 Å². The molecule has 0 aliphatic carbocycles. The molecule has 1 aromatic heterocycles.